The summed E-state index contributed by atoms with van der Waals surface area (Å²) in [4.78, 5) is 9.77. The van der Waals surface area contributed by atoms with Gasteiger partial charge in [0.1, 0.15) is 5.82 Å². The number of halogens is 1. The molecule has 2 atom stereocenters. The average molecular weight is 226 g/mol. The molecule has 5 nitrogen and oxygen atoms in total. The maximum absolute atomic E-state index is 13.9. The van der Waals surface area contributed by atoms with Crippen LogP contribution in [-0.2, 0) is 0 Å². The molecule has 0 spiro atoms. The van der Waals surface area contributed by atoms with E-state index in [4.69, 9.17) is 5.73 Å². The van der Waals surface area contributed by atoms with Crippen LogP contribution in [0.5, 0.6) is 0 Å². The van der Waals surface area contributed by atoms with E-state index in [-0.39, 0.29) is 6.54 Å². The third kappa shape index (κ3) is 2.06. The molecule has 3 N–H and O–H groups in total. The minimum absolute atomic E-state index is 0.0810. The summed E-state index contributed by atoms with van der Waals surface area (Å²) in [5.74, 6) is 0.771. The van der Waals surface area contributed by atoms with Crippen molar-refractivity contribution in [2.24, 2.45) is 0 Å². The minimum Gasteiger partial charge on any atom is -0.390 e. The van der Waals surface area contributed by atoms with E-state index in [0.29, 0.717) is 24.7 Å². The lowest BCUT2D eigenvalue weighted by atomic mass is 9.94. The standard InChI is InChI=1S/C10H15FN4O/c1-10(11)6-15(5-3-7(10)16)9-13-4-2-8(12)14-9/h2,4,7,16H,3,5-6H2,1H3,(H2,12,13,14). The molecule has 0 bridgehead atoms. The van der Waals surface area contributed by atoms with Gasteiger partial charge in [-0.15, -0.1) is 0 Å². The SMILES string of the molecule is CC1(F)CN(c2nccc(N)n2)CCC1O. The topological polar surface area (TPSA) is 75.3 Å². The summed E-state index contributed by atoms with van der Waals surface area (Å²) < 4.78 is 13.9. The highest BCUT2D eigenvalue weighted by Gasteiger charge is 2.39. The number of aliphatic hydroxyl groups is 1. The lowest BCUT2D eigenvalue weighted by Crippen LogP contribution is -2.52. The molecular formula is C10H15FN4O. The van der Waals surface area contributed by atoms with Crippen LogP contribution in [0.2, 0.25) is 0 Å². The number of aliphatic hydroxyl groups excluding tert-OH is 1. The van der Waals surface area contributed by atoms with Gasteiger partial charge in [0.15, 0.2) is 5.67 Å². The number of nitrogen functional groups attached to an aromatic ring is 1. The van der Waals surface area contributed by atoms with Gasteiger partial charge in [-0.2, -0.15) is 4.98 Å². The molecule has 0 aromatic carbocycles. The largest absolute Gasteiger partial charge is 0.390 e. The summed E-state index contributed by atoms with van der Waals surface area (Å²) >= 11 is 0. The monoisotopic (exact) mass is 226 g/mol. The van der Waals surface area contributed by atoms with Crippen LogP contribution in [0.3, 0.4) is 0 Å². The zero-order chi connectivity index (χ0) is 11.8. The van der Waals surface area contributed by atoms with Gasteiger partial charge in [-0.05, 0) is 19.4 Å². The van der Waals surface area contributed by atoms with Crippen molar-refractivity contribution in [1.82, 2.24) is 9.97 Å². The predicted octanol–water partition coefficient (Wildman–Crippen LogP) is 0.358. The molecule has 1 aliphatic rings. The Kier molecular flexibility index (Phi) is 2.67. The van der Waals surface area contributed by atoms with Gasteiger partial charge in [0.2, 0.25) is 5.95 Å². The molecule has 6 heteroatoms. The number of nitrogens with two attached hydrogens (primary N) is 1. The number of hydrogen-bond acceptors (Lipinski definition) is 5. The second-order valence-corrected chi connectivity index (χ2v) is 4.29. The third-order valence-corrected chi connectivity index (χ3v) is 2.81. The maximum atomic E-state index is 13.9. The van der Waals surface area contributed by atoms with Crippen molar-refractivity contribution in [3.05, 3.63) is 12.3 Å². The van der Waals surface area contributed by atoms with Crippen molar-refractivity contribution in [3.8, 4) is 0 Å². The Morgan fingerprint density at radius 1 is 1.69 bits per heavy atom. The fourth-order valence-corrected chi connectivity index (χ4v) is 1.82. The normalized spacial score (nSPS) is 30.4. The van der Waals surface area contributed by atoms with Crippen LogP contribution in [0.15, 0.2) is 12.3 Å². The Morgan fingerprint density at radius 2 is 2.44 bits per heavy atom. The zero-order valence-electron chi connectivity index (χ0n) is 9.10. The molecule has 1 fully saturated rings. The number of nitrogens with zero attached hydrogens (tertiary/aromatic N) is 3. The lowest BCUT2D eigenvalue weighted by Gasteiger charge is -2.38. The fourth-order valence-electron chi connectivity index (χ4n) is 1.82. The van der Waals surface area contributed by atoms with Crippen molar-refractivity contribution in [3.63, 3.8) is 0 Å². The first-order valence-corrected chi connectivity index (χ1v) is 5.19. The Balaban J connectivity index is 2.18. The van der Waals surface area contributed by atoms with E-state index in [1.807, 2.05) is 0 Å². The average Bonchev–Trinajstić information content (AvgIpc) is 2.22. The van der Waals surface area contributed by atoms with Crippen molar-refractivity contribution in [1.29, 1.82) is 0 Å². The smallest absolute Gasteiger partial charge is 0.227 e. The second kappa shape index (κ2) is 3.86. The first-order chi connectivity index (χ1) is 7.49. The maximum Gasteiger partial charge on any atom is 0.227 e. The Bertz CT molecular complexity index is 385. The molecule has 0 amide bonds. The molecule has 0 radical (unpaired) electrons. The van der Waals surface area contributed by atoms with E-state index >= 15 is 0 Å². The van der Waals surface area contributed by atoms with Gasteiger partial charge in [-0.1, -0.05) is 0 Å². The van der Waals surface area contributed by atoms with E-state index in [1.54, 1.807) is 11.0 Å². The van der Waals surface area contributed by atoms with Crippen LogP contribution in [0.25, 0.3) is 0 Å². The Labute approximate surface area is 93.1 Å². The van der Waals surface area contributed by atoms with Gasteiger partial charge in [0, 0.05) is 12.7 Å². The number of aromatic nitrogens is 2. The van der Waals surface area contributed by atoms with Crippen molar-refractivity contribution in [2.45, 2.75) is 25.1 Å². The molecule has 1 aromatic rings. The number of piperidine rings is 1. The molecule has 2 unspecified atom stereocenters. The van der Waals surface area contributed by atoms with Gasteiger partial charge < -0.3 is 15.7 Å². The number of rotatable bonds is 1. The highest BCUT2D eigenvalue weighted by Crippen LogP contribution is 2.27. The van der Waals surface area contributed by atoms with Crippen LogP contribution in [0.4, 0.5) is 16.2 Å². The number of hydrogen-bond donors (Lipinski definition) is 2. The molecule has 0 saturated carbocycles. The van der Waals surface area contributed by atoms with Gasteiger partial charge in [0.25, 0.3) is 0 Å². The van der Waals surface area contributed by atoms with Crippen LogP contribution in [0, 0.1) is 0 Å². The molecule has 1 aliphatic heterocycles. The quantitative estimate of drug-likeness (QED) is 0.723. The molecule has 1 saturated heterocycles. The molecule has 0 aliphatic carbocycles. The van der Waals surface area contributed by atoms with Gasteiger partial charge in [-0.25, -0.2) is 9.37 Å². The molecule has 2 heterocycles. The molecule has 1 aromatic heterocycles. The summed E-state index contributed by atoms with van der Waals surface area (Å²) in [7, 11) is 0. The highest BCUT2D eigenvalue weighted by atomic mass is 19.1. The third-order valence-electron chi connectivity index (χ3n) is 2.81. The second-order valence-electron chi connectivity index (χ2n) is 4.29. The minimum atomic E-state index is -1.63. The molecule has 2 rings (SSSR count). The molecular weight excluding hydrogens is 211 g/mol. The van der Waals surface area contributed by atoms with E-state index in [2.05, 4.69) is 9.97 Å². The van der Waals surface area contributed by atoms with Crippen molar-refractivity contribution in [2.75, 3.05) is 23.7 Å². The first-order valence-electron chi connectivity index (χ1n) is 5.19. The molecule has 16 heavy (non-hydrogen) atoms. The zero-order valence-corrected chi connectivity index (χ0v) is 9.10. The Hall–Kier alpha value is -1.43. The van der Waals surface area contributed by atoms with E-state index < -0.39 is 11.8 Å². The van der Waals surface area contributed by atoms with Crippen molar-refractivity contribution < 1.29 is 9.50 Å². The van der Waals surface area contributed by atoms with E-state index in [0.717, 1.165) is 0 Å². The fraction of sp³-hybridized carbons (Fsp3) is 0.600. The van der Waals surface area contributed by atoms with Gasteiger partial charge in [0.05, 0.1) is 12.6 Å². The lowest BCUT2D eigenvalue weighted by molar-refractivity contribution is -0.00860. The van der Waals surface area contributed by atoms with Gasteiger partial charge in [-0.3, -0.25) is 0 Å². The van der Waals surface area contributed by atoms with Gasteiger partial charge >= 0.3 is 0 Å². The molecule has 88 valence electrons. The predicted molar refractivity (Wildman–Crippen MR) is 58.8 cm³/mol. The summed E-state index contributed by atoms with van der Waals surface area (Å²) in [6, 6.07) is 1.58. The summed E-state index contributed by atoms with van der Waals surface area (Å²) in [5, 5.41) is 9.49. The summed E-state index contributed by atoms with van der Waals surface area (Å²) in [6.07, 6.45) is 0.980. The van der Waals surface area contributed by atoms with E-state index in [9.17, 15) is 9.50 Å². The summed E-state index contributed by atoms with van der Waals surface area (Å²) in [5.41, 5.74) is 3.91. The Morgan fingerprint density at radius 3 is 3.06 bits per heavy atom. The number of alkyl halides is 1. The first kappa shape index (κ1) is 11.1. The van der Waals surface area contributed by atoms with Crippen LogP contribution in [0.1, 0.15) is 13.3 Å². The van der Waals surface area contributed by atoms with Crippen LogP contribution >= 0.6 is 0 Å². The summed E-state index contributed by atoms with van der Waals surface area (Å²) in [6.45, 7) is 2.00. The number of anilines is 2. The highest BCUT2D eigenvalue weighted by molar-refractivity contribution is 5.38. The van der Waals surface area contributed by atoms with Crippen LogP contribution in [-0.4, -0.2) is 39.9 Å². The van der Waals surface area contributed by atoms with Crippen LogP contribution < -0.4 is 10.6 Å². The van der Waals surface area contributed by atoms with Crippen molar-refractivity contribution >= 4 is 11.8 Å². The van der Waals surface area contributed by atoms with E-state index in [1.165, 1.54) is 13.1 Å².